The van der Waals surface area contributed by atoms with E-state index in [0.717, 1.165) is 0 Å². The van der Waals surface area contributed by atoms with Crippen LogP contribution in [0.4, 0.5) is 0 Å². The van der Waals surface area contributed by atoms with Gasteiger partial charge >= 0.3 is 5.97 Å². The molecule has 0 aliphatic rings. The fourth-order valence-corrected chi connectivity index (χ4v) is 2.34. The minimum Gasteiger partial charge on any atom is -0.465 e. The van der Waals surface area contributed by atoms with E-state index >= 15 is 0 Å². The summed E-state index contributed by atoms with van der Waals surface area (Å²) in [5.74, 6) is -0.411. The van der Waals surface area contributed by atoms with Crippen molar-refractivity contribution in [1.29, 1.82) is 0 Å². The van der Waals surface area contributed by atoms with Crippen molar-refractivity contribution in [2.24, 2.45) is 0 Å². The number of benzene rings is 1. The highest BCUT2D eigenvalue weighted by molar-refractivity contribution is 6.05. The number of amides is 1. The number of carbonyl (C=O) groups excluding carboxylic acids is 2. The molecule has 0 saturated heterocycles. The molecule has 3 rings (SSSR count). The zero-order chi connectivity index (χ0) is 17.6. The van der Waals surface area contributed by atoms with E-state index in [1.807, 2.05) is 0 Å². The van der Waals surface area contributed by atoms with Crippen LogP contribution >= 0.6 is 0 Å². The van der Waals surface area contributed by atoms with Gasteiger partial charge in [0, 0.05) is 12.4 Å². The Kier molecular flexibility index (Phi) is 4.84. The number of methoxy groups -OCH3 is 1. The van der Waals surface area contributed by atoms with Crippen molar-refractivity contribution < 1.29 is 18.7 Å². The summed E-state index contributed by atoms with van der Waals surface area (Å²) in [4.78, 5) is 32.7. The summed E-state index contributed by atoms with van der Waals surface area (Å²) in [6, 6.07) is 9.96. The molecule has 0 radical (unpaired) electrons. The molecule has 0 aliphatic carbocycles. The Labute approximate surface area is 143 Å². The number of ether oxygens (including phenoxy) is 1. The topological polar surface area (TPSA) is 94.3 Å². The number of hydrogen-bond acceptors (Lipinski definition) is 6. The molecule has 2 aromatic heterocycles. The largest absolute Gasteiger partial charge is 0.465 e. The monoisotopic (exact) mass is 337 g/mol. The predicted octanol–water partition coefficient (Wildman–Crippen LogP) is 2.45. The van der Waals surface area contributed by atoms with E-state index in [2.05, 4.69) is 15.3 Å². The molecule has 1 N–H and O–H groups in total. The van der Waals surface area contributed by atoms with Crippen LogP contribution < -0.4 is 5.32 Å². The molecule has 7 nitrogen and oxygen atoms in total. The second-order valence-electron chi connectivity index (χ2n) is 5.05. The number of aromatic nitrogens is 2. The van der Waals surface area contributed by atoms with Gasteiger partial charge in [0.15, 0.2) is 5.76 Å². The lowest BCUT2D eigenvalue weighted by Gasteiger charge is -2.10. The summed E-state index contributed by atoms with van der Waals surface area (Å²) in [7, 11) is 1.27. The highest BCUT2D eigenvalue weighted by Gasteiger charge is 2.18. The van der Waals surface area contributed by atoms with Crippen LogP contribution in [-0.4, -0.2) is 29.0 Å². The number of hydrogen-bond donors (Lipinski definition) is 1. The zero-order valence-electron chi connectivity index (χ0n) is 13.4. The van der Waals surface area contributed by atoms with Crippen molar-refractivity contribution in [1.82, 2.24) is 15.3 Å². The van der Waals surface area contributed by atoms with E-state index in [-0.39, 0.29) is 17.7 Å². The summed E-state index contributed by atoms with van der Waals surface area (Å²) in [6.07, 6.45) is 4.63. The smallest absolute Gasteiger partial charge is 0.338 e. The Bertz CT molecular complexity index is 891. The first kappa shape index (κ1) is 16.4. The molecule has 0 fully saturated rings. The molecule has 1 aromatic carbocycles. The summed E-state index contributed by atoms with van der Waals surface area (Å²) in [5.41, 5.74) is 1.54. The quantitative estimate of drug-likeness (QED) is 0.719. The van der Waals surface area contributed by atoms with Crippen molar-refractivity contribution in [2.75, 3.05) is 7.11 Å². The third kappa shape index (κ3) is 3.55. The lowest BCUT2D eigenvalue weighted by molar-refractivity contribution is 0.0596. The van der Waals surface area contributed by atoms with Gasteiger partial charge in [-0.05, 0) is 24.3 Å². The molecule has 0 saturated carbocycles. The first-order valence-corrected chi connectivity index (χ1v) is 7.50. The molecule has 1 amide bonds. The number of nitrogens with one attached hydrogen (secondary N) is 1. The Balaban J connectivity index is 1.80. The highest BCUT2D eigenvalue weighted by atomic mass is 16.5. The minimum absolute atomic E-state index is 0.137. The lowest BCUT2D eigenvalue weighted by Crippen LogP contribution is -2.26. The van der Waals surface area contributed by atoms with E-state index in [1.165, 1.54) is 19.4 Å². The molecule has 0 aliphatic heterocycles. The molecule has 2 heterocycles. The number of nitrogens with zero attached hydrogens (tertiary/aromatic N) is 2. The second kappa shape index (κ2) is 7.39. The first-order valence-electron chi connectivity index (χ1n) is 7.50. The molecule has 0 spiro atoms. The zero-order valence-corrected chi connectivity index (χ0v) is 13.4. The Morgan fingerprint density at radius 3 is 2.56 bits per heavy atom. The maximum absolute atomic E-state index is 12.5. The number of furan rings is 1. The second-order valence-corrected chi connectivity index (χ2v) is 5.05. The third-order valence-corrected chi connectivity index (χ3v) is 3.52. The van der Waals surface area contributed by atoms with E-state index in [4.69, 9.17) is 9.15 Å². The van der Waals surface area contributed by atoms with Crippen LogP contribution in [0, 0.1) is 0 Å². The van der Waals surface area contributed by atoms with Crippen molar-refractivity contribution >= 4 is 11.9 Å². The van der Waals surface area contributed by atoms with Gasteiger partial charge in [-0.2, -0.15) is 0 Å². The van der Waals surface area contributed by atoms with Gasteiger partial charge in [-0.1, -0.05) is 12.1 Å². The van der Waals surface area contributed by atoms with Crippen molar-refractivity contribution in [3.63, 3.8) is 0 Å². The van der Waals surface area contributed by atoms with Gasteiger partial charge in [-0.25, -0.2) is 9.78 Å². The fraction of sp³-hybridized carbons (Fsp3) is 0.111. The van der Waals surface area contributed by atoms with E-state index in [0.29, 0.717) is 17.1 Å². The molecule has 0 atom stereocenters. The van der Waals surface area contributed by atoms with Gasteiger partial charge in [0.25, 0.3) is 5.91 Å². The molecular formula is C18H15N3O4. The van der Waals surface area contributed by atoms with Crippen molar-refractivity contribution in [3.8, 4) is 11.5 Å². The van der Waals surface area contributed by atoms with Crippen LogP contribution in [0.25, 0.3) is 11.5 Å². The molecular weight excluding hydrogens is 322 g/mol. The van der Waals surface area contributed by atoms with Gasteiger partial charge in [0.2, 0.25) is 0 Å². The van der Waals surface area contributed by atoms with Crippen LogP contribution in [0.5, 0.6) is 0 Å². The number of esters is 1. The predicted molar refractivity (Wildman–Crippen MR) is 88.7 cm³/mol. The lowest BCUT2D eigenvalue weighted by atomic mass is 10.1. The van der Waals surface area contributed by atoms with Crippen LogP contribution in [-0.2, 0) is 11.3 Å². The van der Waals surface area contributed by atoms with Crippen LogP contribution in [0.15, 0.2) is 59.5 Å². The summed E-state index contributed by atoms with van der Waals surface area (Å²) in [5, 5.41) is 2.75. The number of carbonyl (C=O) groups is 2. The van der Waals surface area contributed by atoms with Crippen LogP contribution in [0.3, 0.4) is 0 Å². The van der Waals surface area contributed by atoms with E-state index in [1.54, 1.807) is 42.8 Å². The van der Waals surface area contributed by atoms with Crippen molar-refractivity contribution in [2.45, 2.75) is 6.54 Å². The standard InChI is InChI=1S/C18H15N3O4/c1-24-18(23)13-6-3-2-5-12(13)17(22)21-11-14-16(20-9-8-19-14)15-7-4-10-25-15/h2-10H,11H2,1H3,(H,21,22). The molecule has 25 heavy (non-hydrogen) atoms. The van der Waals surface area contributed by atoms with Crippen molar-refractivity contribution in [3.05, 3.63) is 71.9 Å². The summed E-state index contributed by atoms with van der Waals surface area (Å²) in [6.45, 7) is 0.137. The normalized spacial score (nSPS) is 10.3. The van der Waals surface area contributed by atoms with Gasteiger partial charge in [0.1, 0.15) is 5.69 Å². The van der Waals surface area contributed by atoms with E-state index < -0.39 is 11.9 Å². The first-order chi connectivity index (χ1) is 12.2. The Morgan fingerprint density at radius 2 is 1.84 bits per heavy atom. The average molecular weight is 337 g/mol. The third-order valence-electron chi connectivity index (χ3n) is 3.52. The Morgan fingerprint density at radius 1 is 1.08 bits per heavy atom. The average Bonchev–Trinajstić information content (AvgIpc) is 3.20. The number of rotatable bonds is 5. The SMILES string of the molecule is COC(=O)c1ccccc1C(=O)NCc1nccnc1-c1ccco1. The van der Waals surface area contributed by atoms with Crippen LogP contribution in [0.1, 0.15) is 26.4 Å². The maximum atomic E-state index is 12.5. The molecule has 0 bridgehead atoms. The van der Waals surface area contributed by atoms with Gasteiger partial charge < -0.3 is 14.5 Å². The molecule has 126 valence electrons. The Hall–Kier alpha value is -3.48. The molecule has 3 aromatic rings. The minimum atomic E-state index is -0.568. The summed E-state index contributed by atoms with van der Waals surface area (Å²) >= 11 is 0. The van der Waals surface area contributed by atoms with E-state index in [9.17, 15) is 9.59 Å². The van der Waals surface area contributed by atoms with Gasteiger partial charge in [-0.15, -0.1) is 0 Å². The highest BCUT2D eigenvalue weighted by Crippen LogP contribution is 2.20. The van der Waals surface area contributed by atoms with Gasteiger partial charge in [-0.3, -0.25) is 9.78 Å². The maximum Gasteiger partial charge on any atom is 0.338 e. The molecule has 0 unspecified atom stereocenters. The summed E-state index contributed by atoms with van der Waals surface area (Å²) < 4.78 is 10.0. The van der Waals surface area contributed by atoms with Gasteiger partial charge in [0.05, 0.1) is 36.7 Å². The molecule has 7 heteroatoms. The fourth-order valence-electron chi connectivity index (χ4n) is 2.34. The van der Waals surface area contributed by atoms with Crippen LogP contribution in [0.2, 0.25) is 0 Å².